The molecule has 4 rings (SSSR count). The van der Waals surface area contributed by atoms with E-state index in [2.05, 4.69) is 0 Å². The molecule has 1 aromatic heterocycles. The largest absolute Gasteiger partial charge is 0.497 e. The van der Waals surface area contributed by atoms with Crippen LogP contribution in [0.2, 0.25) is 0 Å². The molecule has 186 valence electrons. The molecule has 0 aliphatic carbocycles. The first kappa shape index (κ1) is 24.5. The first-order valence-electron chi connectivity index (χ1n) is 11.2. The van der Waals surface area contributed by atoms with Crippen molar-refractivity contribution in [2.45, 2.75) is 25.2 Å². The van der Waals surface area contributed by atoms with E-state index in [9.17, 15) is 18.8 Å². The Morgan fingerprint density at radius 1 is 1.03 bits per heavy atom. The van der Waals surface area contributed by atoms with E-state index < -0.39 is 12.5 Å². The maximum absolute atomic E-state index is 14.6. The van der Waals surface area contributed by atoms with Gasteiger partial charge >= 0.3 is 6.03 Å². The van der Waals surface area contributed by atoms with Gasteiger partial charge in [0.05, 0.1) is 36.9 Å². The molecular formula is C25H28F2N4O4. The predicted molar refractivity (Wildman–Crippen MR) is 126 cm³/mol. The van der Waals surface area contributed by atoms with Gasteiger partial charge in [-0.1, -0.05) is 0 Å². The summed E-state index contributed by atoms with van der Waals surface area (Å²) in [6.07, 6.45) is -1.83. The zero-order valence-electron chi connectivity index (χ0n) is 19.8. The number of carbonyl (C=O) groups excluding carboxylic acids is 1. The zero-order valence-corrected chi connectivity index (χ0v) is 19.8. The van der Waals surface area contributed by atoms with E-state index in [0.717, 1.165) is 0 Å². The second-order valence-electron chi connectivity index (χ2n) is 8.35. The molecule has 2 aromatic carbocycles. The molecule has 1 fully saturated rings. The average molecular weight is 487 g/mol. The molecule has 1 aliphatic rings. The summed E-state index contributed by atoms with van der Waals surface area (Å²) in [5.41, 5.74) is 1.74. The van der Waals surface area contributed by atoms with Crippen LogP contribution in [0.25, 0.3) is 16.9 Å². The summed E-state index contributed by atoms with van der Waals surface area (Å²) in [4.78, 5) is 13.6. The number of methoxy groups -OCH3 is 2. The van der Waals surface area contributed by atoms with Gasteiger partial charge < -0.3 is 14.4 Å². The standard InChI is InChI=1S/C25H28F2N4O4/c1-29(33)25(32)30-14-12-16(13-15-30)22-21(24(26)27)23(17-4-8-19(34-2)9-5-17)31(28-22)18-6-10-20(35-3)11-7-18/h4-11,16,24,33H,12-15H2,1-3H3. The molecule has 0 bridgehead atoms. The summed E-state index contributed by atoms with van der Waals surface area (Å²) >= 11 is 0. The van der Waals surface area contributed by atoms with Gasteiger partial charge in [0.1, 0.15) is 11.5 Å². The minimum absolute atomic E-state index is 0.116. The molecule has 1 saturated heterocycles. The van der Waals surface area contributed by atoms with Crippen LogP contribution in [0.1, 0.15) is 36.4 Å². The maximum Gasteiger partial charge on any atom is 0.343 e. The van der Waals surface area contributed by atoms with Crippen LogP contribution in [-0.2, 0) is 0 Å². The fourth-order valence-electron chi connectivity index (χ4n) is 4.45. The Labute approximate surface area is 202 Å². The molecule has 1 N–H and O–H groups in total. The Morgan fingerprint density at radius 3 is 2.06 bits per heavy atom. The van der Waals surface area contributed by atoms with E-state index in [1.54, 1.807) is 67.4 Å². The molecule has 0 spiro atoms. The van der Waals surface area contributed by atoms with Gasteiger partial charge in [0, 0.05) is 31.6 Å². The molecule has 10 heteroatoms. The van der Waals surface area contributed by atoms with Crippen molar-refractivity contribution in [1.82, 2.24) is 19.7 Å². The number of hydroxylamine groups is 2. The number of likely N-dealkylation sites (tertiary alicyclic amines) is 1. The molecule has 0 atom stereocenters. The van der Waals surface area contributed by atoms with Crippen LogP contribution in [0.3, 0.4) is 0 Å². The number of carbonyl (C=O) groups is 1. The van der Waals surface area contributed by atoms with Gasteiger partial charge in [-0.05, 0) is 61.4 Å². The van der Waals surface area contributed by atoms with Crippen LogP contribution in [0.4, 0.5) is 13.6 Å². The van der Waals surface area contributed by atoms with E-state index >= 15 is 0 Å². The number of hydrogen-bond donors (Lipinski definition) is 1. The van der Waals surface area contributed by atoms with E-state index in [4.69, 9.17) is 14.6 Å². The number of hydrogen-bond acceptors (Lipinski definition) is 5. The fraction of sp³-hybridized carbons (Fsp3) is 0.360. The van der Waals surface area contributed by atoms with Crippen molar-refractivity contribution < 1.29 is 28.3 Å². The number of halogens is 2. The number of amides is 2. The van der Waals surface area contributed by atoms with Gasteiger partial charge in [-0.25, -0.2) is 23.3 Å². The van der Waals surface area contributed by atoms with Crippen molar-refractivity contribution in [2.75, 3.05) is 34.4 Å². The van der Waals surface area contributed by atoms with Gasteiger partial charge in [-0.3, -0.25) is 5.21 Å². The van der Waals surface area contributed by atoms with Crippen LogP contribution in [0, 0.1) is 0 Å². The van der Waals surface area contributed by atoms with Crippen LogP contribution in [0.5, 0.6) is 11.5 Å². The van der Waals surface area contributed by atoms with Gasteiger partial charge in [-0.2, -0.15) is 5.10 Å². The van der Waals surface area contributed by atoms with Crippen LogP contribution < -0.4 is 9.47 Å². The minimum atomic E-state index is -2.75. The van der Waals surface area contributed by atoms with E-state index in [-0.39, 0.29) is 11.5 Å². The van der Waals surface area contributed by atoms with Gasteiger partial charge in [0.15, 0.2) is 0 Å². The lowest BCUT2D eigenvalue weighted by Gasteiger charge is -2.32. The SMILES string of the molecule is COc1ccc(-c2c(C(F)F)c(C3CCN(C(=O)N(C)O)CC3)nn2-c2ccc(OC)cc2)cc1. The summed E-state index contributed by atoms with van der Waals surface area (Å²) in [7, 11) is 4.37. The molecule has 0 saturated carbocycles. The third-order valence-corrected chi connectivity index (χ3v) is 6.28. The Balaban J connectivity index is 1.79. The van der Waals surface area contributed by atoms with Crippen molar-refractivity contribution in [3.63, 3.8) is 0 Å². The summed E-state index contributed by atoms with van der Waals surface area (Å²) in [5.74, 6) is 1.00. The van der Waals surface area contributed by atoms with Crippen LogP contribution >= 0.6 is 0 Å². The van der Waals surface area contributed by atoms with Crippen molar-refractivity contribution >= 4 is 6.03 Å². The summed E-state index contributed by atoms with van der Waals surface area (Å²) < 4.78 is 41.3. The molecule has 2 heterocycles. The molecule has 8 nitrogen and oxygen atoms in total. The molecule has 3 aromatic rings. The fourth-order valence-corrected chi connectivity index (χ4v) is 4.45. The van der Waals surface area contributed by atoms with Crippen molar-refractivity contribution in [3.8, 4) is 28.4 Å². The summed E-state index contributed by atoms with van der Waals surface area (Å²) in [6.45, 7) is 0.675. The van der Waals surface area contributed by atoms with Crippen molar-refractivity contribution in [3.05, 3.63) is 59.8 Å². The van der Waals surface area contributed by atoms with E-state index in [0.29, 0.717) is 65.1 Å². The highest BCUT2D eigenvalue weighted by Crippen LogP contribution is 2.41. The third kappa shape index (κ3) is 4.93. The van der Waals surface area contributed by atoms with Gasteiger partial charge in [0.25, 0.3) is 6.43 Å². The lowest BCUT2D eigenvalue weighted by Crippen LogP contribution is -2.43. The first-order chi connectivity index (χ1) is 16.8. The molecule has 35 heavy (non-hydrogen) atoms. The Bertz CT molecular complexity index is 1160. The molecule has 1 aliphatic heterocycles. The number of alkyl halides is 2. The number of piperidine rings is 1. The number of nitrogens with zero attached hydrogens (tertiary/aromatic N) is 4. The van der Waals surface area contributed by atoms with Crippen molar-refractivity contribution in [1.29, 1.82) is 0 Å². The normalized spacial score (nSPS) is 14.3. The number of rotatable bonds is 6. The Kier molecular flexibility index (Phi) is 7.20. The number of aromatic nitrogens is 2. The lowest BCUT2D eigenvalue weighted by molar-refractivity contribution is -0.0357. The van der Waals surface area contributed by atoms with Crippen molar-refractivity contribution in [2.24, 2.45) is 0 Å². The predicted octanol–water partition coefficient (Wildman–Crippen LogP) is 5.11. The maximum atomic E-state index is 14.6. The zero-order chi connectivity index (χ0) is 25.1. The van der Waals surface area contributed by atoms with Gasteiger partial charge in [0.2, 0.25) is 0 Å². The highest BCUT2D eigenvalue weighted by Gasteiger charge is 2.34. The lowest BCUT2D eigenvalue weighted by atomic mass is 9.90. The van der Waals surface area contributed by atoms with Crippen LogP contribution in [-0.4, -0.2) is 65.3 Å². The third-order valence-electron chi connectivity index (χ3n) is 6.28. The quantitative estimate of drug-likeness (QED) is 0.387. The summed E-state index contributed by atoms with van der Waals surface area (Å²) in [6, 6.07) is 13.5. The Morgan fingerprint density at radius 2 is 1.57 bits per heavy atom. The number of ether oxygens (including phenoxy) is 2. The molecule has 0 radical (unpaired) electrons. The second kappa shape index (κ2) is 10.3. The van der Waals surface area contributed by atoms with E-state index in [1.807, 2.05) is 0 Å². The topological polar surface area (TPSA) is 80.1 Å². The monoisotopic (exact) mass is 486 g/mol. The average Bonchev–Trinajstić information content (AvgIpc) is 3.29. The van der Waals surface area contributed by atoms with Crippen LogP contribution in [0.15, 0.2) is 48.5 Å². The summed E-state index contributed by atoms with van der Waals surface area (Å²) in [5, 5.41) is 14.7. The molecule has 0 unspecified atom stereocenters. The molecular weight excluding hydrogens is 458 g/mol. The highest BCUT2D eigenvalue weighted by molar-refractivity contribution is 5.73. The Hall–Kier alpha value is -3.66. The minimum Gasteiger partial charge on any atom is -0.497 e. The highest BCUT2D eigenvalue weighted by atomic mass is 19.3. The van der Waals surface area contributed by atoms with Gasteiger partial charge in [-0.15, -0.1) is 0 Å². The first-order valence-corrected chi connectivity index (χ1v) is 11.2. The molecule has 2 amide bonds. The smallest absolute Gasteiger partial charge is 0.343 e. The van der Waals surface area contributed by atoms with E-state index in [1.165, 1.54) is 11.9 Å². The number of urea groups is 1. The number of benzene rings is 2. The second-order valence-corrected chi connectivity index (χ2v) is 8.35.